The van der Waals surface area contributed by atoms with E-state index in [2.05, 4.69) is 5.32 Å². The first-order chi connectivity index (χ1) is 10.3. The van der Waals surface area contributed by atoms with Gasteiger partial charge in [-0.2, -0.15) is 0 Å². The Bertz CT molecular complexity index is 505. The number of nitrogens with one attached hydrogen (secondary N) is 1. The number of hydrogen-bond donors (Lipinski definition) is 1. The van der Waals surface area contributed by atoms with Gasteiger partial charge in [0.25, 0.3) is 0 Å². The van der Waals surface area contributed by atoms with E-state index >= 15 is 0 Å². The number of nitrogens with zero attached hydrogens (tertiary/aromatic N) is 1. The summed E-state index contributed by atoms with van der Waals surface area (Å²) in [4.78, 5) is 25.7. The second-order valence-electron chi connectivity index (χ2n) is 6.55. The van der Waals surface area contributed by atoms with Crippen molar-refractivity contribution in [3.8, 4) is 0 Å². The quantitative estimate of drug-likeness (QED) is 0.865. The van der Waals surface area contributed by atoms with Gasteiger partial charge in [0.2, 0.25) is 5.78 Å². The van der Waals surface area contributed by atoms with Crippen LogP contribution in [0.3, 0.4) is 0 Å². The molecule has 1 saturated heterocycles. The van der Waals surface area contributed by atoms with Crippen molar-refractivity contribution in [2.24, 2.45) is 0 Å². The van der Waals surface area contributed by atoms with E-state index in [0.717, 1.165) is 12.8 Å². The molecule has 0 aliphatic carbocycles. The maximum absolute atomic E-state index is 12.1. The molecule has 2 heterocycles. The van der Waals surface area contributed by atoms with Gasteiger partial charge < -0.3 is 19.4 Å². The summed E-state index contributed by atoms with van der Waals surface area (Å²) in [6.45, 7) is 7.02. The zero-order valence-electron chi connectivity index (χ0n) is 13.4. The lowest BCUT2D eigenvalue weighted by Crippen LogP contribution is -2.50. The number of carbonyl (C=O) groups excluding carboxylic acids is 2. The molecule has 0 saturated carbocycles. The summed E-state index contributed by atoms with van der Waals surface area (Å²) >= 11 is 0. The average molecular weight is 308 g/mol. The van der Waals surface area contributed by atoms with Crippen molar-refractivity contribution in [1.29, 1.82) is 0 Å². The fourth-order valence-electron chi connectivity index (χ4n) is 2.40. The molecule has 2 rings (SSSR count). The van der Waals surface area contributed by atoms with Gasteiger partial charge in [-0.1, -0.05) is 0 Å². The molecule has 0 bridgehead atoms. The van der Waals surface area contributed by atoms with Crippen LogP contribution >= 0.6 is 0 Å². The SMILES string of the molecule is CC(C)(C)OC(=O)N1CCC[C@@H](NCC(=O)c2ccco2)C1. The minimum Gasteiger partial charge on any atom is -0.461 e. The van der Waals surface area contributed by atoms with Crippen molar-refractivity contribution in [3.63, 3.8) is 0 Å². The fraction of sp³-hybridized carbons (Fsp3) is 0.625. The summed E-state index contributed by atoms with van der Waals surface area (Å²) in [6, 6.07) is 3.44. The van der Waals surface area contributed by atoms with Gasteiger partial charge >= 0.3 is 6.09 Å². The second-order valence-corrected chi connectivity index (χ2v) is 6.55. The molecule has 1 N–H and O–H groups in total. The maximum Gasteiger partial charge on any atom is 0.410 e. The average Bonchev–Trinajstić information content (AvgIpc) is 2.97. The lowest BCUT2D eigenvalue weighted by molar-refractivity contribution is 0.0188. The molecule has 6 heteroatoms. The van der Waals surface area contributed by atoms with Crippen molar-refractivity contribution >= 4 is 11.9 Å². The largest absolute Gasteiger partial charge is 0.461 e. The smallest absolute Gasteiger partial charge is 0.410 e. The van der Waals surface area contributed by atoms with E-state index in [9.17, 15) is 9.59 Å². The Morgan fingerprint density at radius 2 is 2.23 bits per heavy atom. The normalized spacial score (nSPS) is 19.0. The topological polar surface area (TPSA) is 71.8 Å². The Morgan fingerprint density at radius 1 is 1.45 bits per heavy atom. The van der Waals surface area contributed by atoms with Crippen molar-refractivity contribution in [1.82, 2.24) is 10.2 Å². The van der Waals surface area contributed by atoms with Gasteiger partial charge in [0.1, 0.15) is 5.60 Å². The third kappa shape index (κ3) is 4.87. The highest BCUT2D eigenvalue weighted by Crippen LogP contribution is 2.15. The summed E-state index contributed by atoms with van der Waals surface area (Å²) < 4.78 is 10.5. The standard InChI is InChI=1S/C16H24N2O4/c1-16(2,3)22-15(20)18-8-4-6-12(11-18)17-10-13(19)14-7-5-9-21-14/h5,7,9,12,17H,4,6,8,10-11H2,1-3H3/t12-/m1/s1. The van der Waals surface area contributed by atoms with Crippen LogP contribution in [0.2, 0.25) is 0 Å². The molecule has 0 aromatic carbocycles. The number of likely N-dealkylation sites (tertiary alicyclic amines) is 1. The first-order valence-electron chi connectivity index (χ1n) is 7.63. The Morgan fingerprint density at radius 3 is 2.86 bits per heavy atom. The van der Waals surface area contributed by atoms with Gasteiger partial charge in [-0.25, -0.2) is 4.79 Å². The predicted octanol–water partition coefficient (Wildman–Crippen LogP) is 2.45. The number of piperidine rings is 1. The van der Waals surface area contributed by atoms with Crippen LogP contribution in [0.15, 0.2) is 22.8 Å². The molecule has 0 spiro atoms. The molecule has 1 fully saturated rings. The molecule has 1 aromatic rings. The van der Waals surface area contributed by atoms with Crippen LogP contribution in [0.25, 0.3) is 0 Å². The van der Waals surface area contributed by atoms with Crippen molar-refractivity contribution in [2.75, 3.05) is 19.6 Å². The number of amides is 1. The molecule has 6 nitrogen and oxygen atoms in total. The van der Waals surface area contributed by atoms with Crippen LogP contribution in [0.5, 0.6) is 0 Å². The van der Waals surface area contributed by atoms with Gasteiger partial charge in [0.05, 0.1) is 12.8 Å². The highest BCUT2D eigenvalue weighted by atomic mass is 16.6. The zero-order valence-corrected chi connectivity index (χ0v) is 13.4. The highest BCUT2D eigenvalue weighted by Gasteiger charge is 2.27. The molecule has 1 aromatic heterocycles. The molecule has 1 amide bonds. The van der Waals surface area contributed by atoms with Gasteiger partial charge in [0, 0.05) is 19.1 Å². The molecule has 122 valence electrons. The summed E-state index contributed by atoms with van der Waals surface area (Å²) in [5, 5.41) is 3.20. The van der Waals surface area contributed by atoms with E-state index in [0.29, 0.717) is 18.8 Å². The molecular weight excluding hydrogens is 284 g/mol. The Hall–Kier alpha value is -1.82. The molecule has 0 unspecified atom stereocenters. The van der Waals surface area contributed by atoms with Crippen LogP contribution < -0.4 is 5.32 Å². The molecular formula is C16H24N2O4. The molecule has 0 radical (unpaired) electrons. The third-order valence-electron chi connectivity index (χ3n) is 3.42. The van der Waals surface area contributed by atoms with Gasteiger partial charge in [-0.05, 0) is 45.7 Å². The van der Waals surface area contributed by atoms with Gasteiger partial charge in [-0.3, -0.25) is 4.79 Å². The van der Waals surface area contributed by atoms with Crippen LogP contribution in [-0.2, 0) is 4.74 Å². The highest BCUT2D eigenvalue weighted by molar-refractivity contribution is 5.95. The number of Topliss-reactive ketones (excluding diaryl/α,β-unsaturated/α-hetero) is 1. The Balaban J connectivity index is 1.80. The van der Waals surface area contributed by atoms with Gasteiger partial charge in [-0.15, -0.1) is 0 Å². The van der Waals surface area contributed by atoms with Crippen molar-refractivity contribution in [3.05, 3.63) is 24.2 Å². The van der Waals surface area contributed by atoms with E-state index < -0.39 is 5.60 Å². The monoisotopic (exact) mass is 308 g/mol. The molecule has 1 aliphatic heterocycles. The Labute approximate surface area is 130 Å². The molecule has 1 atom stereocenters. The minimum absolute atomic E-state index is 0.0839. The van der Waals surface area contributed by atoms with Gasteiger partial charge in [0.15, 0.2) is 5.76 Å². The fourth-order valence-corrected chi connectivity index (χ4v) is 2.40. The number of hydrogen-bond acceptors (Lipinski definition) is 5. The number of ketones is 1. The summed E-state index contributed by atoms with van der Waals surface area (Å²) in [5.41, 5.74) is -0.493. The van der Waals surface area contributed by atoms with E-state index in [1.54, 1.807) is 17.0 Å². The number of furan rings is 1. The number of rotatable bonds is 4. The minimum atomic E-state index is -0.493. The van der Waals surface area contributed by atoms with Crippen molar-refractivity contribution in [2.45, 2.75) is 45.3 Å². The predicted molar refractivity (Wildman–Crippen MR) is 81.9 cm³/mol. The van der Waals surface area contributed by atoms with E-state index in [-0.39, 0.29) is 24.5 Å². The van der Waals surface area contributed by atoms with E-state index in [1.165, 1.54) is 6.26 Å². The summed E-state index contributed by atoms with van der Waals surface area (Å²) in [6.07, 6.45) is 3.02. The lowest BCUT2D eigenvalue weighted by atomic mass is 10.1. The Kier molecular flexibility index (Phi) is 5.24. The lowest BCUT2D eigenvalue weighted by Gasteiger charge is -2.34. The first-order valence-corrected chi connectivity index (χ1v) is 7.63. The summed E-state index contributed by atoms with van der Waals surface area (Å²) in [7, 11) is 0. The third-order valence-corrected chi connectivity index (χ3v) is 3.42. The maximum atomic E-state index is 12.1. The second kappa shape index (κ2) is 6.96. The van der Waals surface area contributed by atoms with E-state index in [4.69, 9.17) is 9.15 Å². The molecule has 1 aliphatic rings. The number of carbonyl (C=O) groups is 2. The van der Waals surface area contributed by atoms with Crippen LogP contribution in [0.4, 0.5) is 4.79 Å². The number of ether oxygens (including phenoxy) is 1. The van der Waals surface area contributed by atoms with Crippen molar-refractivity contribution < 1.29 is 18.7 Å². The zero-order chi connectivity index (χ0) is 16.2. The summed E-state index contributed by atoms with van der Waals surface area (Å²) in [5.74, 6) is 0.270. The molecule has 22 heavy (non-hydrogen) atoms. The van der Waals surface area contributed by atoms with Crippen LogP contribution in [0.1, 0.15) is 44.2 Å². The first kappa shape index (κ1) is 16.5. The van der Waals surface area contributed by atoms with Crippen LogP contribution in [0, 0.1) is 0 Å². The van der Waals surface area contributed by atoms with Crippen LogP contribution in [-0.4, -0.2) is 48.1 Å². The van der Waals surface area contributed by atoms with E-state index in [1.807, 2.05) is 20.8 Å².